The first-order chi connectivity index (χ1) is 11.8. The quantitative estimate of drug-likeness (QED) is 0.466. The second-order valence-electron chi connectivity index (χ2n) is 5.81. The molecule has 1 aromatic rings. The van der Waals surface area contributed by atoms with Crippen LogP contribution in [-0.4, -0.2) is 53.7 Å². The maximum atomic E-state index is 10.5. The number of benzene rings is 1. The van der Waals surface area contributed by atoms with E-state index in [9.17, 15) is 9.90 Å². The first kappa shape index (κ1) is 21.1. The summed E-state index contributed by atoms with van der Waals surface area (Å²) in [5.74, 6) is 0.431. The number of rotatable bonds is 10. The fraction of sp³-hybridized carbons (Fsp3) is 0.529. The first-order valence-electron chi connectivity index (χ1n) is 7.99. The molecule has 0 aliphatic heterocycles. The molecule has 7 nitrogen and oxygen atoms in total. The number of hydrogen-bond acceptors (Lipinski definition) is 5. The van der Waals surface area contributed by atoms with Crippen molar-refractivity contribution in [1.29, 1.82) is 0 Å². The maximum Gasteiger partial charge on any atom is 0.404 e. The molecule has 4 N–H and O–H groups in total. The van der Waals surface area contributed by atoms with Crippen LogP contribution in [0.3, 0.4) is 0 Å². The van der Waals surface area contributed by atoms with Gasteiger partial charge in [-0.2, -0.15) is 0 Å². The lowest BCUT2D eigenvalue weighted by Gasteiger charge is -2.23. The van der Waals surface area contributed by atoms with Crippen LogP contribution in [0, 0.1) is 5.92 Å². The molecule has 8 heteroatoms. The van der Waals surface area contributed by atoms with Gasteiger partial charge in [-0.15, -0.1) is 0 Å². The summed E-state index contributed by atoms with van der Waals surface area (Å²) < 4.78 is 10.8. The molecular weight excluding hydrogens is 344 g/mol. The average molecular weight is 370 g/mol. The third-order valence-electron chi connectivity index (χ3n) is 3.64. The molecule has 0 saturated heterocycles. The van der Waals surface area contributed by atoms with Gasteiger partial charge in [0, 0.05) is 18.5 Å². The number of thiocarbonyl (C=S) groups is 1. The van der Waals surface area contributed by atoms with Gasteiger partial charge in [-0.25, -0.2) is 4.79 Å². The second-order valence-corrected chi connectivity index (χ2v) is 6.25. The molecule has 1 aromatic carbocycles. The summed E-state index contributed by atoms with van der Waals surface area (Å²) in [5.41, 5.74) is 1.04. The van der Waals surface area contributed by atoms with Crippen molar-refractivity contribution < 1.29 is 24.5 Å². The van der Waals surface area contributed by atoms with Gasteiger partial charge in [-0.3, -0.25) is 0 Å². The van der Waals surface area contributed by atoms with Crippen molar-refractivity contribution in [3.05, 3.63) is 29.8 Å². The molecule has 0 bridgehead atoms. The number of amides is 1. The Labute approximate surface area is 153 Å². The summed E-state index contributed by atoms with van der Waals surface area (Å²) in [7, 11) is 1.62. The van der Waals surface area contributed by atoms with Crippen LogP contribution >= 0.6 is 12.2 Å². The Hall–Kier alpha value is -1.90. The number of hydrogen-bond donors (Lipinski definition) is 4. The largest absolute Gasteiger partial charge is 0.497 e. The van der Waals surface area contributed by atoms with Crippen LogP contribution in [0.5, 0.6) is 5.75 Å². The molecule has 1 unspecified atom stereocenters. The van der Waals surface area contributed by atoms with Crippen molar-refractivity contribution in [2.24, 2.45) is 5.92 Å². The molecule has 25 heavy (non-hydrogen) atoms. The Balaban J connectivity index is 2.30. The van der Waals surface area contributed by atoms with Gasteiger partial charge in [0.05, 0.1) is 31.4 Å². The Morgan fingerprint density at radius 2 is 1.92 bits per heavy atom. The van der Waals surface area contributed by atoms with Crippen molar-refractivity contribution in [1.82, 2.24) is 10.6 Å². The first-order valence-corrected chi connectivity index (χ1v) is 8.40. The van der Waals surface area contributed by atoms with E-state index in [1.165, 1.54) is 0 Å². The minimum absolute atomic E-state index is 0.0344. The number of carboxylic acid groups (broad SMARTS) is 1. The van der Waals surface area contributed by atoms with E-state index >= 15 is 0 Å². The lowest BCUT2D eigenvalue weighted by Crippen LogP contribution is -2.44. The molecule has 0 aromatic heterocycles. The molecule has 0 fully saturated rings. The fourth-order valence-electron chi connectivity index (χ4n) is 2.03. The van der Waals surface area contributed by atoms with Gasteiger partial charge in [0.15, 0.2) is 0 Å². The highest BCUT2D eigenvalue weighted by Crippen LogP contribution is 2.12. The van der Waals surface area contributed by atoms with Gasteiger partial charge < -0.3 is 30.3 Å². The van der Waals surface area contributed by atoms with Crippen molar-refractivity contribution >= 4 is 23.3 Å². The molecular formula is C17H26N2O5S. The van der Waals surface area contributed by atoms with Crippen LogP contribution < -0.4 is 15.4 Å². The average Bonchev–Trinajstić information content (AvgIpc) is 2.59. The van der Waals surface area contributed by atoms with Gasteiger partial charge in [-0.05, 0) is 24.6 Å². The number of ether oxygens (including phenoxy) is 2. The van der Waals surface area contributed by atoms with E-state index in [1.807, 2.05) is 31.2 Å². The Kier molecular flexibility index (Phi) is 9.18. The van der Waals surface area contributed by atoms with E-state index in [-0.39, 0.29) is 18.5 Å². The van der Waals surface area contributed by atoms with Gasteiger partial charge in [-0.1, -0.05) is 31.3 Å². The predicted molar refractivity (Wildman–Crippen MR) is 99.0 cm³/mol. The van der Waals surface area contributed by atoms with E-state index in [4.69, 9.17) is 26.8 Å². The second kappa shape index (κ2) is 10.9. The number of aliphatic hydroxyl groups is 1. The molecule has 0 aliphatic rings. The smallest absolute Gasteiger partial charge is 0.404 e. The molecule has 1 rings (SSSR count). The van der Waals surface area contributed by atoms with Crippen LogP contribution in [-0.2, 0) is 11.3 Å². The van der Waals surface area contributed by atoms with Crippen LogP contribution in [0.2, 0.25) is 0 Å². The van der Waals surface area contributed by atoms with Crippen molar-refractivity contribution in [3.63, 3.8) is 0 Å². The summed E-state index contributed by atoms with van der Waals surface area (Å²) in [4.78, 5) is 10.9. The molecule has 0 heterocycles. The topological polar surface area (TPSA) is 100 Å². The highest BCUT2D eigenvalue weighted by molar-refractivity contribution is 7.80. The van der Waals surface area contributed by atoms with Gasteiger partial charge in [0.1, 0.15) is 5.75 Å². The molecule has 0 aliphatic carbocycles. The van der Waals surface area contributed by atoms with Crippen molar-refractivity contribution in [2.45, 2.75) is 32.6 Å². The number of carbonyl (C=O) groups is 1. The predicted octanol–water partition coefficient (Wildman–Crippen LogP) is 1.78. The fourth-order valence-corrected chi connectivity index (χ4v) is 2.39. The van der Waals surface area contributed by atoms with E-state index in [1.54, 1.807) is 14.0 Å². The van der Waals surface area contributed by atoms with Crippen LogP contribution in [0.25, 0.3) is 0 Å². The van der Waals surface area contributed by atoms with E-state index in [2.05, 4.69) is 10.6 Å². The van der Waals surface area contributed by atoms with E-state index in [0.29, 0.717) is 18.2 Å². The summed E-state index contributed by atoms with van der Waals surface area (Å²) in [6, 6.07) is 7.60. The Morgan fingerprint density at radius 1 is 1.28 bits per heavy atom. The van der Waals surface area contributed by atoms with Gasteiger partial charge in [0.25, 0.3) is 0 Å². The van der Waals surface area contributed by atoms with Crippen LogP contribution in [0.15, 0.2) is 24.3 Å². The minimum Gasteiger partial charge on any atom is -0.497 e. The summed E-state index contributed by atoms with van der Waals surface area (Å²) in [6.45, 7) is 4.52. The molecule has 3 atom stereocenters. The zero-order valence-electron chi connectivity index (χ0n) is 14.7. The van der Waals surface area contributed by atoms with E-state index in [0.717, 1.165) is 11.3 Å². The zero-order valence-corrected chi connectivity index (χ0v) is 15.5. The normalized spacial score (nSPS) is 14.2. The molecule has 140 valence electrons. The SMILES string of the molecule is COc1ccc(COC[C@H](C)NC(=S)C(C)[C@@H](O)CNC(=O)O)cc1. The standard InChI is InChI=1S/C17H26N2O5S/c1-11(9-24-10-13-4-6-14(23-3)7-5-13)19-16(25)12(2)15(20)8-18-17(21)22/h4-7,11-12,15,18,20H,8-10H2,1-3H3,(H,19,25)(H,21,22)/t11-,12?,15-/m0/s1. The van der Waals surface area contributed by atoms with Crippen molar-refractivity contribution in [3.8, 4) is 5.75 Å². The molecule has 0 spiro atoms. The third-order valence-corrected chi connectivity index (χ3v) is 4.13. The molecule has 1 amide bonds. The van der Waals surface area contributed by atoms with Gasteiger partial charge in [0.2, 0.25) is 0 Å². The monoisotopic (exact) mass is 370 g/mol. The van der Waals surface area contributed by atoms with E-state index < -0.39 is 12.2 Å². The lowest BCUT2D eigenvalue weighted by molar-refractivity contribution is 0.105. The number of nitrogens with one attached hydrogen (secondary N) is 2. The maximum absolute atomic E-state index is 10.5. The van der Waals surface area contributed by atoms with Crippen molar-refractivity contribution in [2.75, 3.05) is 20.3 Å². The number of aliphatic hydroxyl groups excluding tert-OH is 1. The minimum atomic E-state index is -1.18. The highest BCUT2D eigenvalue weighted by Gasteiger charge is 2.20. The van der Waals surface area contributed by atoms with Gasteiger partial charge >= 0.3 is 6.09 Å². The Bertz CT molecular complexity index is 552. The zero-order chi connectivity index (χ0) is 18.8. The Morgan fingerprint density at radius 3 is 2.48 bits per heavy atom. The number of methoxy groups -OCH3 is 1. The molecule has 0 saturated carbocycles. The van der Waals surface area contributed by atoms with Crippen LogP contribution in [0.1, 0.15) is 19.4 Å². The molecule has 0 radical (unpaired) electrons. The third kappa shape index (κ3) is 8.15. The highest BCUT2D eigenvalue weighted by atomic mass is 32.1. The lowest BCUT2D eigenvalue weighted by atomic mass is 10.0. The summed E-state index contributed by atoms with van der Waals surface area (Å²) in [6.07, 6.45) is -2.06. The van der Waals surface area contributed by atoms with Crippen LogP contribution in [0.4, 0.5) is 4.79 Å². The summed E-state index contributed by atoms with van der Waals surface area (Å²) in [5, 5.41) is 23.7. The summed E-state index contributed by atoms with van der Waals surface area (Å²) >= 11 is 5.26.